The number of Topliss-reactive ketones (excluding diaryl/α,β-unsaturated/α-hetero) is 2. The molecule has 2 aliphatic rings. The molecule has 2 N–H and O–H groups in total. The lowest BCUT2D eigenvalue weighted by molar-refractivity contribution is -0.115. The lowest BCUT2D eigenvalue weighted by atomic mass is 10.4. The monoisotopic (exact) mass is 194 g/mol. The Hall–Kier alpha value is -2.12. The summed E-state index contributed by atoms with van der Waals surface area (Å²) < 4.78 is 0. The highest BCUT2D eigenvalue weighted by molar-refractivity contribution is 6.31. The van der Waals surface area contributed by atoms with E-state index < -0.39 is 12.3 Å². The van der Waals surface area contributed by atoms with Crippen LogP contribution in [0.5, 0.6) is 0 Å². The van der Waals surface area contributed by atoms with Gasteiger partial charge in [0.25, 0.3) is 0 Å². The van der Waals surface area contributed by atoms with Gasteiger partial charge in [-0.15, -0.1) is 0 Å². The van der Waals surface area contributed by atoms with Crippen LogP contribution in [0, 0.1) is 0 Å². The molecule has 2 aliphatic heterocycles. The molecule has 0 aromatic carbocycles. The number of carbonyl (C=O) groups is 2. The van der Waals surface area contributed by atoms with Gasteiger partial charge in [-0.1, -0.05) is 0 Å². The van der Waals surface area contributed by atoms with Gasteiger partial charge in [0.15, 0.2) is 0 Å². The Morgan fingerprint density at radius 2 is 1.43 bits per heavy atom. The molecular weight excluding hydrogens is 188 g/mol. The van der Waals surface area contributed by atoms with E-state index >= 15 is 0 Å². The Kier molecular flexibility index (Phi) is 2.01. The first-order chi connectivity index (χ1) is 6.77. The molecule has 0 fully saturated rings. The average molecular weight is 194 g/mol. The highest BCUT2D eigenvalue weighted by Crippen LogP contribution is 2.00. The van der Waals surface area contributed by atoms with Gasteiger partial charge >= 0.3 is 0 Å². The predicted octanol–water partition coefficient (Wildman–Crippen LogP) is -1.59. The van der Waals surface area contributed by atoms with Crippen molar-refractivity contribution in [2.24, 2.45) is 20.4 Å². The lowest BCUT2D eigenvalue weighted by Crippen LogP contribution is -2.28. The molecule has 0 amide bonds. The second kappa shape index (κ2) is 3.32. The van der Waals surface area contributed by atoms with E-state index in [4.69, 9.17) is 0 Å². The summed E-state index contributed by atoms with van der Waals surface area (Å²) in [4.78, 5) is 21.9. The van der Waals surface area contributed by atoms with Crippen molar-refractivity contribution in [3.05, 3.63) is 0 Å². The Balaban J connectivity index is 1.94. The molecule has 8 nitrogen and oxygen atoms in total. The van der Waals surface area contributed by atoms with Crippen molar-refractivity contribution in [2.75, 3.05) is 0 Å². The molecule has 0 saturated carbocycles. The van der Waals surface area contributed by atoms with Crippen molar-refractivity contribution in [3.63, 3.8) is 0 Å². The molecule has 72 valence electrons. The van der Waals surface area contributed by atoms with Crippen LogP contribution in [0.4, 0.5) is 0 Å². The number of hydrazone groups is 2. The zero-order valence-electron chi connectivity index (χ0n) is 6.91. The highest BCUT2D eigenvalue weighted by Gasteiger charge is 2.23. The molecule has 0 aromatic heterocycles. The van der Waals surface area contributed by atoms with E-state index in [1.807, 2.05) is 0 Å². The van der Waals surface area contributed by atoms with Crippen LogP contribution >= 0.6 is 0 Å². The van der Waals surface area contributed by atoms with Gasteiger partial charge in [0, 0.05) is 0 Å². The second-order valence-corrected chi connectivity index (χ2v) is 2.62. The summed E-state index contributed by atoms with van der Waals surface area (Å²) in [6.45, 7) is 0. The quantitative estimate of drug-likeness (QED) is 0.516. The van der Waals surface area contributed by atoms with Crippen LogP contribution in [0.15, 0.2) is 20.4 Å². The molecule has 2 unspecified atom stereocenters. The van der Waals surface area contributed by atoms with E-state index in [0.29, 0.717) is 0 Å². The molecule has 0 radical (unpaired) electrons. The normalized spacial score (nSPS) is 30.0. The molecule has 0 spiro atoms. The van der Waals surface area contributed by atoms with Crippen molar-refractivity contribution >= 4 is 24.0 Å². The van der Waals surface area contributed by atoms with Crippen LogP contribution in [0.25, 0.3) is 0 Å². The number of hydrogen-bond donors (Lipinski definition) is 2. The first-order valence-electron chi connectivity index (χ1n) is 3.82. The van der Waals surface area contributed by atoms with Crippen molar-refractivity contribution < 1.29 is 9.59 Å². The number of carbonyl (C=O) groups excluding carboxylic acids is 2. The Labute approximate surface area is 78.2 Å². The van der Waals surface area contributed by atoms with E-state index in [1.165, 1.54) is 0 Å². The summed E-state index contributed by atoms with van der Waals surface area (Å²) in [6.07, 6.45) is 0.601. The van der Waals surface area contributed by atoms with Gasteiger partial charge in [-0.05, 0) is 0 Å². The van der Waals surface area contributed by atoms with Gasteiger partial charge in [0.2, 0.25) is 23.9 Å². The minimum atomic E-state index is -0.815. The van der Waals surface area contributed by atoms with Crippen molar-refractivity contribution in [1.29, 1.82) is 0 Å². The van der Waals surface area contributed by atoms with Crippen molar-refractivity contribution in [3.8, 4) is 0 Å². The van der Waals surface area contributed by atoms with Gasteiger partial charge in [-0.3, -0.25) is 20.4 Å². The van der Waals surface area contributed by atoms with Gasteiger partial charge in [-0.25, -0.2) is 0 Å². The smallest absolute Gasteiger partial charge is 0.223 e. The fourth-order valence-electron chi connectivity index (χ4n) is 0.910. The van der Waals surface area contributed by atoms with Crippen LogP contribution in [-0.2, 0) is 9.59 Å². The molecule has 2 heterocycles. The van der Waals surface area contributed by atoms with Crippen LogP contribution in [-0.4, -0.2) is 36.3 Å². The predicted molar refractivity (Wildman–Crippen MR) is 45.7 cm³/mol. The number of rotatable bonds is 2. The molecule has 0 aromatic rings. The van der Waals surface area contributed by atoms with E-state index in [1.54, 1.807) is 0 Å². The van der Waals surface area contributed by atoms with Crippen LogP contribution in [0.1, 0.15) is 0 Å². The topological polar surface area (TPSA) is 108 Å². The SMILES string of the molecule is O=C1C=NNC1/N=N/C1NN=CC1=O. The number of nitrogens with zero attached hydrogens (tertiary/aromatic N) is 4. The van der Waals surface area contributed by atoms with Gasteiger partial charge in [0.1, 0.15) is 0 Å². The van der Waals surface area contributed by atoms with E-state index in [9.17, 15) is 9.59 Å². The molecule has 14 heavy (non-hydrogen) atoms. The first-order valence-corrected chi connectivity index (χ1v) is 3.82. The summed E-state index contributed by atoms with van der Waals surface area (Å²) >= 11 is 0. The maximum atomic E-state index is 11.0. The zero-order chi connectivity index (χ0) is 9.97. The van der Waals surface area contributed by atoms with Crippen LogP contribution < -0.4 is 10.9 Å². The van der Waals surface area contributed by atoms with E-state index in [2.05, 4.69) is 31.3 Å². The molecule has 0 aliphatic carbocycles. The molecule has 2 rings (SSSR count). The Morgan fingerprint density at radius 3 is 1.71 bits per heavy atom. The third-order valence-corrected chi connectivity index (χ3v) is 1.61. The molecule has 0 saturated heterocycles. The summed E-state index contributed by atoms with van der Waals surface area (Å²) in [7, 11) is 0. The highest BCUT2D eigenvalue weighted by atomic mass is 16.1. The van der Waals surface area contributed by atoms with Crippen molar-refractivity contribution in [2.45, 2.75) is 12.3 Å². The minimum absolute atomic E-state index is 0.292. The van der Waals surface area contributed by atoms with Crippen LogP contribution in [0.2, 0.25) is 0 Å². The maximum absolute atomic E-state index is 11.0. The number of hydrogen-bond acceptors (Lipinski definition) is 8. The van der Waals surface area contributed by atoms with Crippen LogP contribution in [0.3, 0.4) is 0 Å². The maximum Gasteiger partial charge on any atom is 0.223 e. The summed E-state index contributed by atoms with van der Waals surface area (Å²) in [5.41, 5.74) is 4.85. The van der Waals surface area contributed by atoms with Gasteiger partial charge in [-0.2, -0.15) is 20.4 Å². The first kappa shape index (κ1) is 8.48. The third-order valence-electron chi connectivity index (χ3n) is 1.61. The standard InChI is InChI=1S/C6H6N6O2/c13-3-1-7-9-5(3)11-12-6-4(14)2-8-10-6/h1-2,5-6,9-10H/b12-11+. The molecular formula is C6H6N6O2. The molecule has 2 atom stereocenters. The summed E-state index contributed by atoms with van der Waals surface area (Å²) in [5, 5.41) is 14.2. The van der Waals surface area contributed by atoms with Gasteiger partial charge < -0.3 is 0 Å². The number of nitrogens with one attached hydrogen (secondary N) is 2. The fraction of sp³-hybridized carbons (Fsp3) is 0.333. The zero-order valence-corrected chi connectivity index (χ0v) is 6.91. The van der Waals surface area contributed by atoms with Crippen molar-refractivity contribution in [1.82, 2.24) is 10.9 Å². The Bertz CT molecular complexity index is 325. The minimum Gasteiger partial charge on any atom is -0.288 e. The van der Waals surface area contributed by atoms with Gasteiger partial charge in [0.05, 0.1) is 12.4 Å². The average Bonchev–Trinajstić information content (AvgIpc) is 2.72. The Morgan fingerprint density at radius 1 is 1.00 bits per heavy atom. The second-order valence-electron chi connectivity index (χ2n) is 2.62. The third kappa shape index (κ3) is 1.49. The lowest BCUT2D eigenvalue weighted by Gasteiger charge is -2.02. The van der Waals surface area contributed by atoms with E-state index in [-0.39, 0.29) is 11.6 Å². The van der Waals surface area contributed by atoms with E-state index in [0.717, 1.165) is 12.4 Å². The largest absolute Gasteiger partial charge is 0.288 e. The molecule has 8 heteroatoms. The molecule has 0 bridgehead atoms. The number of azo groups is 1. The fourth-order valence-corrected chi connectivity index (χ4v) is 0.910. The summed E-state index contributed by atoms with van der Waals surface area (Å²) in [5.74, 6) is -0.583. The summed E-state index contributed by atoms with van der Waals surface area (Å²) in [6, 6.07) is 0. The number of ketones is 2.